The van der Waals surface area contributed by atoms with Crippen molar-refractivity contribution in [1.82, 2.24) is 9.97 Å². The van der Waals surface area contributed by atoms with Gasteiger partial charge in [-0.05, 0) is 32.6 Å². The number of carboxylic acids is 1. The zero-order valence-corrected chi connectivity index (χ0v) is 12.1. The van der Waals surface area contributed by atoms with E-state index in [9.17, 15) is 9.90 Å². The Balaban J connectivity index is 2.22. The number of carboxylic acid groups (broad SMARTS) is 1. The fourth-order valence-electron chi connectivity index (χ4n) is 2.44. The van der Waals surface area contributed by atoms with Gasteiger partial charge in [-0.25, -0.2) is 14.8 Å². The highest BCUT2D eigenvalue weighted by atomic mass is 16.5. The van der Waals surface area contributed by atoms with Crippen molar-refractivity contribution >= 4 is 11.8 Å². The van der Waals surface area contributed by atoms with Crippen molar-refractivity contribution in [3.8, 4) is 5.88 Å². The minimum Gasteiger partial charge on any atom is -0.480 e. The van der Waals surface area contributed by atoms with E-state index in [1.54, 1.807) is 6.07 Å². The van der Waals surface area contributed by atoms with Gasteiger partial charge in [0, 0.05) is 12.6 Å². The molecule has 110 valence electrons. The molecular weight excluding hydrogens is 258 g/mol. The molecule has 1 fully saturated rings. The second kappa shape index (κ2) is 6.07. The van der Waals surface area contributed by atoms with E-state index < -0.39 is 12.0 Å². The molecule has 2 heterocycles. The first kappa shape index (κ1) is 14.6. The number of hydrogen-bond acceptors (Lipinski definition) is 5. The normalized spacial score (nSPS) is 22.9. The summed E-state index contributed by atoms with van der Waals surface area (Å²) in [6, 6.07) is 1.19. The third-order valence-corrected chi connectivity index (χ3v) is 3.43. The van der Waals surface area contributed by atoms with Crippen molar-refractivity contribution in [2.24, 2.45) is 5.92 Å². The lowest BCUT2D eigenvalue weighted by atomic mass is 9.92. The number of carbonyl (C=O) groups is 1. The quantitative estimate of drug-likeness (QED) is 0.908. The molecule has 6 nitrogen and oxygen atoms in total. The van der Waals surface area contributed by atoms with Crippen LogP contribution < -0.4 is 9.64 Å². The van der Waals surface area contributed by atoms with Crippen molar-refractivity contribution in [1.29, 1.82) is 0 Å². The van der Waals surface area contributed by atoms with Gasteiger partial charge in [0.05, 0.1) is 6.10 Å². The zero-order chi connectivity index (χ0) is 14.7. The minimum absolute atomic E-state index is 0.0226. The molecule has 2 rings (SSSR count). The maximum absolute atomic E-state index is 11.4. The van der Waals surface area contributed by atoms with E-state index in [4.69, 9.17) is 4.74 Å². The third kappa shape index (κ3) is 3.37. The standard InChI is InChI=1S/C14H21N3O3/c1-9(2)20-13-7-12(15-8-16-13)17-5-4-10(3)6-11(17)14(18)19/h7-11H,4-6H2,1-3H3,(H,18,19). The van der Waals surface area contributed by atoms with E-state index in [-0.39, 0.29) is 6.10 Å². The van der Waals surface area contributed by atoms with Crippen LogP contribution in [-0.4, -0.2) is 39.7 Å². The van der Waals surface area contributed by atoms with Crippen LogP contribution in [0.25, 0.3) is 0 Å². The lowest BCUT2D eigenvalue weighted by Gasteiger charge is -2.36. The van der Waals surface area contributed by atoms with Crippen LogP contribution in [0, 0.1) is 5.92 Å². The molecule has 0 aliphatic carbocycles. The fraction of sp³-hybridized carbons (Fsp3) is 0.643. The van der Waals surface area contributed by atoms with Crippen molar-refractivity contribution in [2.45, 2.75) is 45.8 Å². The minimum atomic E-state index is -0.804. The van der Waals surface area contributed by atoms with Crippen molar-refractivity contribution in [3.63, 3.8) is 0 Å². The van der Waals surface area contributed by atoms with E-state index in [0.717, 1.165) is 6.42 Å². The predicted molar refractivity (Wildman–Crippen MR) is 75.0 cm³/mol. The number of anilines is 1. The van der Waals surface area contributed by atoms with Gasteiger partial charge in [0.2, 0.25) is 5.88 Å². The maximum Gasteiger partial charge on any atom is 0.326 e. The predicted octanol–water partition coefficient (Wildman–Crippen LogP) is 1.95. The SMILES string of the molecule is CC1CCN(c2cc(OC(C)C)ncn2)C(C(=O)O)C1. The number of aliphatic carboxylic acids is 1. The van der Waals surface area contributed by atoms with Gasteiger partial charge in [-0.1, -0.05) is 6.92 Å². The molecule has 0 amide bonds. The number of ether oxygens (including phenoxy) is 1. The first-order chi connectivity index (χ1) is 9.47. The topological polar surface area (TPSA) is 75.5 Å². The summed E-state index contributed by atoms with van der Waals surface area (Å²) in [5.41, 5.74) is 0. The van der Waals surface area contributed by atoms with Gasteiger partial charge in [0.15, 0.2) is 0 Å². The molecule has 0 aromatic carbocycles. The summed E-state index contributed by atoms with van der Waals surface area (Å²) in [4.78, 5) is 21.5. The molecular formula is C14H21N3O3. The second-order valence-electron chi connectivity index (χ2n) is 5.56. The van der Waals surface area contributed by atoms with Gasteiger partial charge in [-0.15, -0.1) is 0 Å². The molecule has 6 heteroatoms. The van der Waals surface area contributed by atoms with Crippen LogP contribution in [0.2, 0.25) is 0 Å². The van der Waals surface area contributed by atoms with Crippen LogP contribution in [0.4, 0.5) is 5.82 Å². The van der Waals surface area contributed by atoms with E-state index in [2.05, 4.69) is 16.9 Å². The summed E-state index contributed by atoms with van der Waals surface area (Å²) >= 11 is 0. The molecule has 0 radical (unpaired) electrons. The van der Waals surface area contributed by atoms with Gasteiger partial charge < -0.3 is 14.7 Å². The lowest BCUT2D eigenvalue weighted by Crippen LogP contribution is -2.47. The largest absolute Gasteiger partial charge is 0.480 e. The van der Waals surface area contributed by atoms with Crippen LogP contribution in [0.1, 0.15) is 33.6 Å². The summed E-state index contributed by atoms with van der Waals surface area (Å²) in [6.45, 7) is 6.62. The maximum atomic E-state index is 11.4. The Morgan fingerprint density at radius 1 is 1.50 bits per heavy atom. The average molecular weight is 279 g/mol. The molecule has 1 saturated heterocycles. The van der Waals surface area contributed by atoms with E-state index in [1.165, 1.54) is 6.33 Å². The number of piperidine rings is 1. The van der Waals surface area contributed by atoms with E-state index in [0.29, 0.717) is 30.6 Å². The highest BCUT2D eigenvalue weighted by Gasteiger charge is 2.32. The first-order valence-electron chi connectivity index (χ1n) is 6.95. The van der Waals surface area contributed by atoms with Crippen LogP contribution in [0.3, 0.4) is 0 Å². The van der Waals surface area contributed by atoms with Gasteiger partial charge >= 0.3 is 5.97 Å². The molecule has 1 aromatic heterocycles. The summed E-state index contributed by atoms with van der Waals surface area (Å²) in [7, 11) is 0. The second-order valence-corrected chi connectivity index (χ2v) is 5.56. The zero-order valence-electron chi connectivity index (χ0n) is 12.1. The average Bonchev–Trinajstić information content (AvgIpc) is 2.38. The fourth-order valence-corrected chi connectivity index (χ4v) is 2.44. The number of aromatic nitrogens is 2. The number of rotatable bonds is 4. The van der Waals surface area contributed by atoms with Crippen LogP contribution in [-0.2, 0) is 4.79 Å². The highest BCUT2D eigenvalue weighted by Crippen LogP contribution is 2.28. The number of nitrogens with zero attached hydrogens (tertiary/aromatic N) is 3. The monoisotopic (exact) mass is 279 g/mol. The molecule has 1 aliphatic heterocycles. The lowest BCUT2D eigenvalue weighted by molar-refractivity contribution is -0.139. The van der Waals surface area contributed by atoms with E-state index >= 15 is 0 Å². The summed E-state index contributed by atoms with van der Waals surface area (Å²) in [5.74, 6) is 0.713. The highest BCUT2D eigenvalue weighted by molar-refractivity contribution is 5.78. The van der Waals surface area contributed by atoms with Gasteiger partial charge in [-0.3, -0.25) is 0 Å². The van der Waals surface area contributed by atoms with Crippen LogP contribution >= 0.6 is 0 Å². The third-order valence-electron chi connectivity index (χ3n) is 3.43. The Labute approximate surface area is 118 Å². The molecule has 2 atom stereocenters. The first-order valence-corrected chi connectivity index (χ1v) is 6.95. The molecule has 20 heavy (non-hydrogen) atoms. The Hall–Kier alpha value is -1.85. The van der Waals surface area contributed by atoms with E-state index in [1.807, 2.05) is 18.7 Å². The molecule has 0 saturated carbocycles. The molecule has 1 aromatic rings. The Morgan fingerprint density at radius 3 is 2.90 bits per heavy atom. The Kier molecular flexibility index (Phi) is 4.42. The smallest absolute Gasteiger partial charge is 0.326 e. The van der Waals surface area contributed by atoms with Crippen LogP contribution in [0.5, 0.6) is 5.88 Å². The Morgan fingerprint density at radius 2 is 2.25 bits per heavy atom. The van der Waals surface area contributed by atoms with Crippen LogP contribution in [0.15, 0.2) is 12.4 Å². The van der Waals surface area contributed by atoms with Gasteiger partial charge in [0.25, 0.3) is 0 Å². The van der Waals surface area contributed by atoms with Crippen molar-refractivity contribution < 1.29 is 14.6 Å². The summed E-state index contributed by atoms with van der Waals surface area (Å²) in [6.07, 6.45) is 3.05. The molecule has 1 aliphatic rings. The Bertz CT molecular complexity index is 478. The van der Waals surface area contributed by atoms with Crippen molar-refractivity contribution in [2.75, 3.05) is 11.4 Å². The molecule has 0 bridgehead atoms. The molecule has 2 unspecified atom stereocenters. The summed E-state index contributed by atoms with van der Waals surface area (Å²) in [5, 5.41) is 9.39. The summed E-state index contributed by atoms with van der Waals surface area (Å²) < 4.78 is 5.54. The molecule has 0 spiro atoms. The number of hydrogen-bond donors (Lipinski definition) is 1. The van der Waals surface area contributed by atoms with Gasteiger partial charge in [0.1, 0.15) is 18.2 Å². The molecule has 1 N–H and O–H groups in total. The van der Waals surface area contributed by atoms with Gasteiger partial charge in [-0.2, -0.15) is 0 Å². The van der Waals surface area contributed by atoms with Crippen molar-refractivity contribution in [3.05, 3.63) is 12.4 Å².